The summed E-state index contributed by atoms with van der Waals surface area (Å²) in [6, 6.07) is 8.74. The Morgan fingerprint density at radius 3 is 2.50 bits per heavy atom. The SMILES string of the molecule is CCNC(=NCc1ccccc1CN1CCCCC1)NCCc1nc(C)c(C)s1.I. The molecule has 1 saturated heterocycles. The van der Waals surface area contributed by atoms with Gasteiger partial charge in [0.1, 0.15) is 0 Å². The molecule has 1 fully saturated rings. The Morgan fingerprint density at radius 1 is 1.10 bits per heavy atom. The van der Waals surface area contributed by atoms with E-state index in [2.05, 4.69) is 65.6 Å². The molecule has 0 spiro atoms. The van der Waals surface area contributed by atoms with Crippen molar-refractivity contribution in [3.63, 3.8) is 0 Å². The molecule has 3 rings (SSSR count). The maximum absolute atomic E-state index is 4.85. The number of aryl methyl sites for hydroxylation is 2. The van der Waals surface area contributed by atoms with Crippen LogP contribution in [0.5, 0.6) is 0 Å². The molecular weight excluding hydrogens is 505 g/mol. The summed E-state index contributed by atoms with van der Waals surface area (Å²) < 4.78 is 0. The number of hydrogen-bond acceptors (Lipinski definition) is 4. The van der Waals surface area contributed by atoms with Gasteiger partial charge >= 0.3 is 0 Å². The average Bonchev–Trinajstić information content (AvgIpc) is 3.05. The standard InChI is InChI=1S/C23H35N5S.HI/c1-4-24-23(25-13-12-22-27-18(2)19(3)29-22)26-16-20-10-6-7-11-21(20)17-28-14-8-5-9-15-28;/h6-7,10-11H,4-5,8-9,12-17H2,1-3H3,(H2,24,25,26);1H. The number of nitrogens with zero attached hydrogens (tertiary/aromatic N) is 3. The zero-order valence-electron chi connectivity index (χ0n) is 18.5. The van der Waals surface area contributed by atoms with Crippen molar-refractivity contribution in [3.8, 4) is 0 Å². The molecule has 0 amide bonds. The monoisotopic (exact) mass is 541 g/mol. The summed E-state index contributed by atoms with van der Waals surface area (Å²) in [4.78, 5) is 13.4. The van der Waals surface area contributed by atoms with Crippen LogP contribution < -0.4 is 10.6 Å². The molecule has 0 atom stereocenters. The van der Waals surface area contributed by atoms with E-state index in [0.29, 0.717) is 6.54 Å². The molecule has 2 aromatic rings. The number of hydrogen-bond donors (Lipinski definition) is 2. The second-order valence-corrected chi connectivity index (χ2v) is 9.01. The van der Waals surface area contributed by atoms with Crippen molar-refractivity contribution < 1.29 is 0 Å². The normalized spacial score (nSPS) is 15.0. The van der Waals surface area contributed by atoms with Crippen molar-refractivity contribution in [1.29, 1.82) is 0 Å². The van der Waals surface area contributed by atoms with Gasteiger partial charge in [0.25, 0.3) is 0 Å². The predicted molar refractivity (Wildman–Crippen MR) is 139 cm³/mol. The zero-order chi connectivity index (χ0) is 20.5. The molecule has 1 aromatic heterocycles. The van der Waals surface area contributed by atoms with Crippen LogP contribution in [0.2, 0.25) is 0 Å². The lowest BCUT2D eigenvalue weighted by molar-refractivity contribution is 0.220. The lowest BCUT2D eigenvalue weighted by atomic mass is 10.1. The topological polar surface area (TPSA) is 52.6 Å². The van der Waals surface area contributed by atoms with Crippen LogP contribution in [0, 0.1) is 13.8 Å². The average molecular weight is 542 g/mol. The van der Waals surface area contributed by atoms with Crippen molar-refractivity contribution >= 4 is 41.3 Å². The molecule has 1 aliphatic rings. The van der Waals surface area contributed by atoms with E-state index in [4.69, 9.17) is 4.99 Å². The molecule has 30 heavy (non-hydrogen) atoms. The van der Waals surface area contributed by atoms with Crippen molar-refractivity contribution in [2.24, 2.45) is 4.99 Å². The first kappa shape index (κ1) is 25.1. The molecule has 0 radical (unpaired) electrons. The predicted octanol–water partition coefficient (Wildman–Crippen LogP) is 4.66. The molecule has 2 heterocycles. The lowest BCUT2D eigenvalue weighted by Gasteiger charge is -2.27. The summed E-state index contributed by atoms with van der Waals surface area (Å²) in [5.41, 5.74) is 3.88. The fraction of sp³-hybridized carbons (Fsp3) is 0.565. The first-order valence-electron chi connectivity index (χ1n) is 10.9. The largest absolute Gasteiger partial charge is 0.357 e. The second kappa shape index (κ2) is 13.3. The van der Waals surface area contributed by atoms with Crippen LogP contribution in [0.4, 0.5) is 0 Å². The molecule has 5 nitrogen and oxygen atoms in total. The van der Waals surface area contributed by atoms with Crippen molar-refractivity contribution in [3.05, 3.63) is 51.0 Å². The van der Waals surface area contributed by atoms with Gasteiger partial charge in [-0.25, -0.2) is 9.98 Å². The quantitative estimate of drug-likeness (QED) is 0.290. The fourth-order valence-electron chi connectivity index (χ4n) is 3.66. The maximum atomic E-state index is 4.85. The van der Waals surface area contributed by atoms with E-state index in [-0.39, 0.29) is 24.0 Å². The van der Waals surface area contributed by atoms with Gasteiger partial charge in [-0.2, -0.15) is 0 Å². The van der Waals surface area contributed by atoms with Gasteiger partial charge in [-0.3, -0.25) is 4.90 Å². The lowest BCUT2D eigenvalue weighted by Crippen LogP contribution is -2.38. The van der Waals surface area contributed by atoms with E-state index in [1.54, 1.807) is 11.3 Å². The Hall–Kier alpha value is -1.19. The van der Waals surface area contributed by atoms with E-state index < -0.39 is 0 Å². The highest BCUT2D eigenvalue weighted by Crippen LogP contribution is 2.17. The molecule has 0 unspecified atom stereocenters. The van der Waals surface area contributed by atoms with Crippen molar-refractivity contribution in [2.75, 3.05) is 26.2 Å². The fourth-order valence-corrected chi connectivity index (χ4v) is 4.60. The minimum atomic E-state index is 0. The van der Waals surface area contributed by atoms with Crippen LogP contribution in [0.1, 0.15) is 52.9 Å². The molecule has 2 N–H and O–H groups in total. The smallest absolute Gasteiger partial charge is 0.191 e. The number of guanidine groups is 1. The summed E-state index contributed by atoms with van der Waals surface area (Å²) in [6.45, 7) is 12.2. The van der Waals surface area contributed by atoms with E-state index in [0.717, 1.165) is 37.7 Å². The third kappa shape index (κ3) is 7.81. The molecule has 1 aromatic carbocycles. The summed E-state index contributed by atoms with van der Waals surface area (Å²) >= 11 is 1.79. The number of benzene rings is 1. The molecule has 0 bridgehead atoms. The second-order valence-electron chi connectivity index (χ2n) is 7.73. The van der Waals surface area contributed by atoms with Gasteiger partial charge in [0, 0.05) is 30.9 Å². The van der Waals surface area contributed by atoms with Crippen LogP contribution in [0.25, 0.3) is 0 Å². The van der Waals surface area contributed by atoms with Crippen LogP contribution >= 0.6 is 35.3 Å². The van der Waals surface area contributed by atoms with Gasteiger partial charge in [0.15, 0.2) is 5.96 Å². The summed E-state index contributed by atoms with van der Waals surface area (Å²) in [7, 11) is 0. The number of piperidine rings is 1. The molecule has 166 valence electrons. The van der Waals surface area contributed by atoms with Gasteiger partial charge in [-0.05, 0) is 57.8 Å². The summed E-state index contributed by atoms with van der Waals surface area (Å²) in [5, 5.41) is 8.02. The van der Waals surface area contributed by atoms with Gasteiger partial charge in [-0.1, -0.05) is 30.7 Å². The Kier molecular flexibility index (Phi) is 11.1. The maximum Gasteiger partial charge on any atom is 0.191 e. The highest BCUT2D eigenvalue weighted by atomic mass is 127. The number of thiazole rings is 1. The highest BCUT2D eigenvalue weighted by Gasteiger charge is 2.12. The minimum absolute atomic E-state index is 0. The van der Waals surface area contributed by atoms with E-state index in [1.165, 1.54) is 53.4 Å². The first-order valence-corrected chi connectivity index (χ1v) is 11.7. The van der Waals surface area contributed by atoms with E-state index in [9.17, 15) is 0 Å². The third-order valence-electron chi connectivity index (χ3n) is 5.42. The molecule has 7 heteroatoms. The highest BCUT2D eigenvalue weighted by molar-refractivity contribution is 14.0. The number of aliphatic imine (C=N–C) groups is 1. The summed E-state index contributed by atoms with van der Waals surface area (Å²) in [5.74, 6) is 0.880. The van der Waals surface area contributed by atoms with Gasteiger partial charge < -0.3 is 10.6 Å². The number of likely N-dealkylation sites (tertiary alicyclic amines) is 1. The molecular formula is C23H36IN5S. The number of halogens is 1. The molecule has 0 saturated carbocycles. The van der Waals surface area contributed by atoms with Gasteiger partial charge in [0.2, 0.25) is 0 Å². The van der Waals surface area contributed by atoms with Gasteiger partial charge in [0.05, 0.1) is 17.2 Å². The van der Waals surface area contributed by atoms with Gasteiger partial charge in [-0.15, -0.1) is 35.3 Å². The van der Waals surface area contributed by atoms with Crippen LogP contribution in [-0.2, 0) is 19.5 Å². The molecule has 1 aliphatic heterocycles. The first-order chi connectivity index (χ1) is 14.2. The van der Waals surface area contributed by atoms with Crippen LogP contribution in [0.3, 0.4) is 0 Å². The number of nitrogens with one attached hydrogen (secondary N) is 2. The van der Waals surface area contributed by atoms with Crippen molar-refractivity contribution in [1.82, 2.24) is 20.5 Å². The van der Waals surface area contributed by atoms with E-state index >= 15 is 0 Å². The van der Waals surface area contributed by atoms with Crippen molar-refractivity contribution in [2.45, 2.75) is 59.5 Å². The Morgan fingerprint density at radius 2 is 1.83 bits per heavy atom. The Balaban J connectivity index is 0.00000320. The third-order valence-corrected chi connectivity index (χ3v) is 6.55. The van der Waals surface area contributed by atoms with Crippen LogP contribution in [0.15, 0.2) is 29.3 Å². The van der Waals surface area contributed by atoms with Crippen LogP contribution in [-0.4, -0.2) is 42.0 Å². The Bertz CT molecular complexity index is 779. The van der Waals surface area contributed by atoms with E-state index in [1.807, 2.05) is 0 Å². The number of aromatic nitrogens is 1. The zero-order valence-corrected chi connectivity index (χ0v) is 21.7. The Labute approximate surface area is 202 Å². The minimum Gasteiger partial charge on any atom is -0.357 e. The molecule has 0 aliphatic carbocycles. The number of rotatable bonds is 8. The summed E-state index contributed by atoms with van der Waals surface area (Å²) in [6.07, 6.45) is 4.95.